The average molecular weight is 310 g/mol. The third-order valence-electron chi connectivity index (χ3n) is 2.73. The Morgan fingerprint density at radius 1 is 1.18 bits per heavy atom. The van der Waals surface area contributed by atoms with Gasteiger partial charge in [0.2, 0.25) is 0 Å². The Labute approximate surface area is 127 Å². The second kappa shape index (κ2) is 8.60. The molecule has 0 aromatic heterocycles. The van der Waals surface area contributed by atoms with Crippen LogP contribution in [-0.4, -0.2) is 36.2 Å². The molecule has 1 rings (SSSR count). The number of amides is 1. The van der Waals surface area contributed by atoms with E-state index in [1.807, 2.05) is 0 Å². The smallest absolute Gasteiger partial charge is 0.407 e. The number of hydrogen-bond donors (Lipinski definition) is 1. The zero-order chi connectivity index (χ0) is 16.5. The van der Waals surface area contributed by atoms with Gasteiger partial charge in [0, 0.05) is 18.6 Å². The van der Waals surface area contributed by atoms with Gasteiger partial charge in [0.05, 0.1) is 18.1 Å². The lowest BCUT2D eigenvalue weighted by atomic mass is 10.1. The molecule has 0 aliphatic rings. The largest absolute Gasteiger partial charge is 0.464 e. The number of ether oxygens (including phenoxy) is 2. The molecule has 0 spiro atoms. The van der Waals surface area contributed by atoms with Crippen LogP contribution in [0, 0.1) is 10.1 Å². The van der Waals surface area contributed by atoms with E-state index in [4.69, 9.17) is 9.47 Å². The molecule has 0 aliphatic heterocycles. The molecule has 120 valence electrons. The van der Waals surface area contributed by atoms with Crippen LogP contribution < -0.4 is 5.32 Å². The van der Waals surface area contributed by atoms with Crippen LogP contribution >= 0.6 is 0 Å². The van der Waals surface area contributed by atoms with Crippen molar-refractivity contribution in [1.29, 1.82) is 0 Å². The van der Waals surface area contributed by atoms with E-state index in [-0.39, 0.29) is 25.3 Å². The Balaban J connectivity index is 2.80. The minimum atomic E-state index is -0.916. The van der Waals surface area contributed by atoms with Gasteiger partial charge in [0.25, 0.3) is 5.69 Å². The number of nitro groups is 1. The highest BCUT2D eigenvalue weighted by Gasteiger charge is 2.23. The third-order valence-corrected chi connectivity index (χ3v) is 2.73. The number of rotatable bonds is 7. The molecule has 0 saturated carbocycles. The van der Waals surface area contributed by atoms with Crippen molar-refractivity contribution in [3.05, 3.63) is 39.9 Å². The van der Waals surface area contributed by atoms with Crippen molar-refractivity contribution in [2.75, 3.05) is 13.2 Å². The Morgan fingerprint density at radius 2 is 1.77 bits per heavy atom. The van der Waals surface area contributed by atoms with Gasteiger partial charge >= 0.3 is 12.1 Å². The Morgan fingerprint density at radius 3 is 2.27 bits per heavy atom. The maximum Gasteiger partial charge on any atom is 0.407 e. The minimum absolute atomic E-state index is 0.0465. The molecule has 0 radical (unpaired) electrons. The number of hydrogen-bond acceptors (Lipinski definition) is 6. The Bertz CT molecular complexity index is 529. The number of non-ortho nitro benzene ring substituents is 1. The highest BCUT2D eigenvalue weighted by Crippen LogP contribution is 2.13. The summed E-state index contributed by atoms with van der Waals surface area (Å²) in [7, 11) is 0. The van der Waals surface area contributed by atoms with Gasteiger partial charge < -0.3 is 14.8 Å². The summed E-state index contributed by atoms with van der Waals surface area (Å²) in [5.74, 6) is -0.589. The first-order valence-electron chi connectivity index (χ1n) is 6.81. The van der Waals surface area contributed by atoms with Crippen LogP contribution in [0.3, 0.4) is 0 Å². The molecule has 0 bridgehead atoms. The zero-order valence-electron chi connectivity index (χ0n) is 12.4. The lowest BCUT2D eigenvalue weighted by Gasteiger charge is -2.17. The van der Waals surface area contributed by atoms with E-state index in [0.29, 0.717) is 5.56 Å². The van der Waals surface area contributed by atoms with Gasteiger partial charge in [-0.1, -0.05) is 12.1 Å². The van der Waals surface area contributed by atoms with Crippen LogP contribution in [0.25, 0.3) is 0 Å². The van der Waals surface area contributed by atoms with Crippen molar-refractivity contribution in [3.63, 3.8) is 0 Å². The number of carbonyl (C=O) groups is 2. The van der Waals surface area contributed by atoms with Gasteiger partial charge in [0.15, 0.2) is 0 Å². The lowest BCUT2D eigenvalue weighted by Crippen LogP contribution is -2.43. The fourth-order valence-electron chi connectivity index (χ4n) is 1.74. The van der Waals surface area contributed by atoms with E-state index in [0.717, 1.165) is 0 Å². The number of alkyl carbamates (subject to hydrolysis) is 1. The fourth-order valence-corrected chi connectivity index (χ4v) is 1.74. The summed E-state index contributed by atoms with van der Waals surface area (Å²) in [6.07, 6.45) is -0.571. The molecule has 0 aliphatic carbocycles. The van der Waals surface area contributed by atoms with Crippen molar-refractivity contribution >= 4 is 17.7 Å². The third kappa shape index (κ3) is 5.39. The van der Waals surface area contributed by atoms with E-state index >= 15 is 0 Å². The van der Waals surface area contributed by atoms with Crippen molar-refractivity contribution < 1.29 is 24.0 Å². The van der Waals surface area contributed by atoms with E-state index in [9.17, 15) is 19.7 Å². The van der Waals surface area contributed by atoms with Crippen LogP contribution in [0.15, 0.2) is 24.3 Å². The van der Waals surface area contributed by atoms with E-state index in [1.54, 1.807) is 13.8 Å². The summed E-state index contributed by atoms with van der Waals surface area (Å²) >= 11 is 0. The predicted molar refractivity (Wildman–Crippen MR) is 77.4 cm³/mol. The molecule has 1 N–H and O–H groups in total. The summed E-state index contributed by atoms with van der Waals surface area (Å²) in [5.41, 5.74) is 0.607. The van der Waals surface area contributed by atoms with Gasteiger partial charge in [-0.05, 0) is 19.4 Å². The quantitative estimate of drug-likeness (QED) is 0.467. The number of benzene rings is 1. The minimum Gasteiger partial charge on any atom is -0.464 e. The first-order valence-corrected chi connectivity index (χ1v) is 6.81. The van der Waals surface area contributed by atoms with Crippen molar-refractivity contribution in [2.24, 2.45) is 0 Å². The average Bonchev–Trinajstić information content (AvgIpc) is 2.47. The molecule has 8 nitrogen and oxygen atoms in total. The highest BCUT2D eigenvalue weighted by atomic mass is 16.6. The molecule has 1 atom stereocenters. The molecule has 0 saturated heterocycles. The maximum absolute atomic E-state index is 11.9. The van der Waals surface area contributed by atoms with Crippen LogP contribution in [0.2, 0.25) is 0 Å². The summed E-state index contributed by atoms with van der Waals surface area (Å²) in [6.45, 7) is 3.67. The standard InChI is InChI=1S/C14H18N2O6/c1-3-21-13(17)12(15-14(18)22-4-2)9-10-5-7-11(8-6-10)16(19)20/h5-8,12H,3-4,9H2,1-2H3,(H,15,18). The highest BCUT2D eigenvalue weighted by molar-refractivity contribution is 5.81. The van der Waals surface area contributed by atoms with Crippen molar-refractivity contribution in [2.45, 2.75) is 26.3 Å². The molecule has 1 unspecified atom stereocenters. The fraction of sp³-hybridized carbons (Fsp3) is 0.429. The van der Waals surface area contributed by atoms with Gasteiger partial charge in [0.1, 0.15) is 6.04 Å². The topological polar surface area (TPSA) is 108 Å². The monoisotopic (exact) mass is 310 g/mol. The molecule has 22 heavy (non-hydrogen) atoms. The van der Waals surface area contributed by atoms with Gasteiger partial charge in [-0.15, -0.1) is 0 Å². The second-order valence-corrected chi connectivity index (χ2v) is 4.30. The molecule has 0 heterocycles. The van der Waals surface area contributed by atoms with Crippen LogP contribution in [-0.2, 0) is 20.7 Å². The molecular formula is C14H18N2O6. The molecule has 1 aromatic rings. The van der Waals surface area contributed by atoms with Gasteiger partial charge in [-0.25, -0.2) is 9.59 Å². The van der Waals surface area contributed by atoms with Gasteiger partial charge in [-0.3, -0.25) is 10.1 Å². The molecular weight excluding hydrogens is 292 g/mol. The van der Waals surface area contributed by atoms with E-state index in [2.05, 4.69) is 5.32 Å². The first-order chi connectivity index (χ1) is 10.5. The van der Waals surface area contributed by atoms with Crippen LogP contribution in [0.1, 0.15) is 19.4 Å². The van der Waals surface area contributed by atoms with E-state index < -0.39 is 23.0 Å². The second-order valence-electron chi connectivity index (χ2n) is 4.30. The lowest BCUT2D eigenvalue weighted by molar-refractivity contribution is -0.384. The number of carbonyl (C=O) groups excluding carboxylic acids is 2. The maximum atomic E-state index is 11.9. The normalized spacial score (nSPS) is 11.4. The molecule has 1 amide bonds. The van der Waals surface area contributed by atoms with Crippen molar-refractivity contribution in [3.8, 4) is 0 Å². The molecule has 0 fully saturated rings. The number of nitrogens with one attached hydrogen (secondary N) is 1. The summed E-state index contributed by atoms with van der Waals surface area (Å²) < 4.78 is 9.64. The predicted octanol–water partition coefficient (Wildman–Crippen LogP) is 1.82. The first kappa shape index (κ1) is 17.4. The number of nitro benzene ring substituents is 1. The number of nitrogens with zero attached hydrogens (tertiary/aromatic N) is 1. The van der Waals surface area contributed by atoms with Crippen LogP contribution in [0.5, 0.6) is 0 Å². The van der Waals surface area contributed by atoms with Crippen molar-refractivity contribution in [1.82, 2.24) is 5.32 Å². The Hall–Kier alpha value is -2.64. The summed E-state index contributed by atoms with van der Waals surface area (Å²) in [4.78, 5) is 33.4. The SMILES string of the molecule is CCOC(=O)NC(Cc1ccc([N+](=O)[O-])cc1)C(=O)OCC. The zero-order valence-corrected chi connectivity index (χ0v) is 12.4. The molecule has 8 heteroatoms. The Kier molecular flexibility index (Phi) is 6.81. The van der Waals surface area contributed by atoms with E-state index in [1.165, 1.54) is 24.3 Å². The summed E-state index contributed by atoms with van der Waals surface area (Å²) in [6, 6.07) is 4.80. The van der Waals surface area contributed by atoms with Gasteiger partial charge in [-0.2, -0.15) is 0 Å². The molecule has 1 aromatic carbocycles. The number of esters is 1. The van der Waals surface area contributed by atoms with Crippen LogP contribution in [0.4, 0.5) is 10.5 Å². The summed E-state index contributed by atoms with van der Waals surface area (Å²) in [5, 5.41) is 13.0.